The summed E-state index contributed by atoms with van der Waals surface area (Å²) in [4.78, 5) is 22.0. The fourth-order valence-electron chi connectivity index (χ4n) is 2.62. The van der Waals surface area contributed by atoms with E-state index in [1.54, 1.807) is 0 Å². The van der Waals surface area contributed by atoms with Gasteiger partial charge >= 0.3 is 0 Å². The molecule has 0 aromatic rings. The van der Waals surface area contributed by atoms with Gasteiger partial charge in [0.15, 0.2) is 12.1 Å². The van der Waals surface area contributed by atoms with E-state index in [9.17, 15) is 9.59 Å². The molecule has 1 aliphatic rings. The molecule has 1 saturated carbocycles. The Bertz CT molecular complexity index is 220. The number of rotatable bonds is 3. The van der Waals surface area contributed by atoms with E-state index in [0.717, 1.165) is 12.8 Å². The molecule has 0 heterocycles. The average Bonchev–Trinajstić information content (AvgIpc) is 2.16. The lowest BCUT2D eigenvalue weighted by atomic mass is 9.69. The molecule has 3 atom stereocenters. The molecule has 0 radical (unpaired) electrons. The summed E-state index contributed by atoms with van der Waals surface area (Å²) in [6.45, 7) is 6.46. The highest BCUT2D eigenvalue weighted by Crippen LogP contribution is 2.38. The monoisotopic (exact) mass is 196 g/mol. The van der Waals surface area contributed by atoms with Crippen LogP contribution in [0.25, 0.3) is 0 Å². The number of Topliss-reactive ketones (excluding diaryl/α,β-unsaturated/α-hetero) is 1. The van der Waals surface area contributed by atoms with Crippen molar-refractivity contribution in [2.24, 2.45) is 23.7 Å². The summed E-state index contributed by atoms with van der Waals surface area (Å²) in [5.74, 6) is 1.34. The minimum absolute atomic E-state index is 0.00347. The van der Waals surface area contributed by atoms with Crippen molar-refractivity contribution in [1.29, 1.82) is 0 Å². The summed E-state index contributed by atoms with van der Waals surface area (Å²) in [5, 5.41) is 0. The lowest BCUT2D eigenvalue weighted by Gasteiger charge is -2.35. The molecule has 1 rings (SSSR count). The summed E-state index contributed by atoms with van der Waals surface area (Å²) < 4.78 is 0. The summed E-state index contributed by atoms with van der Waals surface area (Å²) in [6, 6.07) is 0. The smallest absolute Gasteiger partial charge is 0.198 e. The van der Waals surface area contributed by atoms with Crippen LogP contribution in [0.4, 0.5) is 0 Å². The van der Waals surface area contributed by atoms with Crippen LogP contribution in [0.5, 0.6) is 0 Å². The van der Waals surface area contributed by atoms with Crippen LogP contribution in [-0.2, 0) is 9.59 Å². The first-order chi connectivity index (χ1) is 6.56. The zero-order valence-corrected chi connectivity index (χ0v) is 9.32. The Morgan fingerprint density at radius 2 is 2.00 bits per heavy atom. The van der Waals surface area contributed by atoms with Crippen LogP contribution in [-0.4, -0.2) is 12.1 Å². The molecule has 1 fully saturated rings. The minimum atomic E-state index is -0.185. The summed E-state index contributed by atoms with van der Waals surface area (Å²) >= 11 is 0. The highest BCUT2D eigenvalue weighted by Gasteiger charge is 2.34. The molecule has 0 N–H and O–H groups in total. The van der Waals surface area contributed by atoms with Gasteiger partial charge in [0.2, 0.25) is 0 Å². The Morgan fingerprint density at radius 3 is 2.50 bits per heavy atom. The summed E-state index contributed by atoms with van der Waals surface area (Å²) in [6.07, 6.45) is 3.72. The molecule has 0 amide bonds. The molecular weight excluding hydrogens is 176 g/mol. The first-order valence-electron chi connectivity index (χ1n) is 5.55. The number of carbonyl (C=O) groups excluding carboxylic acids is 2. The lowest BCUT2D eigenvalue weighted by molar-refractivity contribution is -0.135. The largest absolute Gasteiger partial charge is 0.295 e. The van der Waals surface area contributed by atoms with Crippen molar-refractivity contribution in [1.82, 2.24) is 0 Å². The van der Waals surface area contributed by atoms with Crippen LogP contribution in [0.15, 0.2) is 0 Å². The molecule has 0 aromatic heterocycles. The van der Waals surface area contributed by atoms with E-state index in [4.69, 9.17) is 0 Å². The van der Waals surface area contributed by atoms with Crippen LogP contribution in [0, 0.1) is 23.7 Å². The Labute approximate surface area is 86.1 Å². The van der Waals surface area contributed by atoms with Gasteiger partial charge in [0.1, 0.15) is 0 Å². The van der Waals surface area contributed by atoms with Crippen molar-refractivity contribution >= 4 is 12.1 Å². The van der Waals surface area contributed by atoms with Gasteiger partial charge in [0, 0.05) is 5.92 Å². The van der Waals surface area contributed by atoms with E-state index in [0.29, 0.717) is 24.0 Å². The first kappa shape index (κ1) is 11.4. The van der Waals surface area contributed by atoms with Gasteiger partial charge in [-0.05, 0) is 30.6 Å². The van der Waals surface area contributed by atoms with Gasteiger partial charge in [-0.25, -0.2) is 0 Å². The molecule has 14 heavy (non-hydrogen) atoms. The van der Waals surface area contributed by atoms with Crippen molar-refractivity contribution in [2.45, 2.75) is 40.0 Å². The molecule has 0 unspecified atom stereocenters. The maximum Gasteiger partial charge on any atom is 0.198 e. The fourth-order valence-corrected chi connectivity index (χ4v) is 2.62. The summed E-state index contributed by atoms with van der Waals surface area (Å²) in [7, 11) is 0. The quantitative estimate of drug-likeness (QED) is 0.513. The first-order valence-corrected chi connectivity index (χ1v) is 5.55. The van der Waals surface area contributed by atoms with Crippen molar-refractivity contribution in [3.63, 3.8) is 0 Å². The zero-order valence-electron chi connectivity index (χ0n) is 9.32. The minimum Gasteiger partial charge on any atom is -0.295 e. The fraction of sp³-hybridized carbons (Fsp3) is 0.833. The number of ketones is 1. The Hall–Kier alpha value is -0.660. The summed E-state index contributed by atoms with van der Waals surface area (Å²) in [5.41, 5.74) is 0. The SMILES string of the molecule is CC(C)[C@@H]1CC[C@@H](C)C[C@H]1C(=O)C=O. The number of hydrogen-bond acceptors (Lipinski definition) is 2. The molecule has 0 aromatic carbocycles. The molecule has 1 aliphatic carbocycles. The van der Waals surface area contributed by atoms with E-state index in [-0.39, 0.29) is 11.7 Å². The second-order valence-electron chi connectivity index (χ2n) is 4.95. The number of aldehydes is 1. The molecule has 0 bridgehead atoms. The van der Waals surface area contributed by atoms with Crippen LogP contribution in [0.2, 0.25) is 0 Å². The van der Waals surface area contributed by atoms with E-state index in [2.05, 4.69) is 20.8 Å². The normalized spacial score (nSPS) is 33.0. The van der Waals surface area contributed by atoms with Crippen molar-refractivity contribution in [3.05, 3.63) is 0 Å². The van der Waals surface area contributed by atoms with Gasteiger partial charge in [-0.1, -0.05) is 27.2 Å². The predicted octanol–water partition coefficient (Wildman–Crippen LogP) is 2.46. The van der Waals surface area contributed by atoms with Gasteiger partial charge in [0.25, 0.3) is 0 Å². The van der Waals surface area contributed by atoms with Crippen molar-refractivity contribution in [2.75, 3.05) is 0 Å². The third-order valence-electron chi connectivity index (χ3n) is 3.50. The second-order valence-corrected chi connectivity index (χ2v) is 4.95. The standard InChI is InChI=1S/C12H20O2/c1-8(2)10-5-4-9(3)6-11(10)12(14)7-13/h7-11H,4-6H2,1-3H3/t9-,10+,11-/m1/s1. The van der Waals surface area contributed by atoms with Crippen LogP contribution < -0.4 is 0 Å². The third kappa shape index (κ3) is 2.43. The van der Waals surface area contributed by atoms with Gasteiger partial charge in [-0.3, -0.25) is 9.59 Å². The second kappa shape index (κ2) is 4.72. The molecule has 80 valence electrons. The average molecular weight is 196 g/mol. The van der Waals surface area contributed by atoms with E-state index >= 15 is 0 Å². The zero-order chi connectivity index (χ0) is 10.7. The van der Waals surface area contributed by atoms with Gasteiger partial charge in [-0.2, -0.15) is 0 Å². The predicted molar refractivity (Wildman–Crippen MR) is 55.9 cm³/mol. The van der Waals surface area contributed by atoms with Gasteiger partial charge in [0.05, 0.1) is 0 Å². The van der Waals surface area contributed by atoms with E-state index < -0.39 is 0 Å². The molecule has 2 heteroatoms. The van der Waals surface area contributed by atoms with Gasteiger partial charge in [-0.15, -0.1) is 0 Å². The highest BCUT2D eigenvalue weighted by molar-refractivity contribution is 6.26. The molecular formula is C12H20O2. The molecule has 0 aliphatic heterocycles. The van der Waals surface area contributed by atoms with Crippen LogP contribution in [0.1, 0.15) is 40.0 Å². The third-order valence-corrected chi connectivity index (χ3v) is 3.50. The molecule has 0 spiro atoms. The maximum atomic E-state index is 11.5. The number of hydrogen-bond donors (Lipinski definition) is 0. The Balaban J connectivity index is 2.73. The Kier molecular flexibility index (Phi) is 3.85. The van der Waals surface area contributed by atoms with Crippen LogP contribution in [0.3, 0.4) is 0 Å². The van der Waals surface area contributed by atoms with Crippen molar-refractivity contribution < 1.29 is 9.59 Å². The maximum absolute atomic E-state index is 11.5. The van der Waals surface area contributed by atoms with Crippen molar-refractivity contribution in [3.8, 4) is 0 Å². The van der Waals surface area contributed by atoms with E-state index in [1.807, 2.05) is 0 Å². The molecule has 0 saturated heterocycles. The Morgan fingerprint density at radius 1 is 1.36 bits per heavy atom. The number of carbonyl (C=O) groups is 2. The highest BCUT2D eigenvalue weighted by atomic mass is 16.2. The van der Waals surface area contributed by atoms with Crippen LogP contribution >= 0.6 is 0 Å². The topological polar surface area (TPSA) is 34.1 Å². The van der Waals surface area contributed by atoms with E-state index in [1.165, 1.54) is 6.42 Å². The molecule has 2 nitrogen and oxygen atoms in total. The van der Waals surface area contributed by atoms with Gasteiger partial charge < -0.3 is 0 Å². The lowest BCUT2D eigenvalue weighted by Crippen LogP contribution is -2.33.